The summed E-state index contributed by atoms with van der Waals surface area (Å²) in [5, 5.41) is 0. The van der Waals surface area contributed by atoms with Gasteiger partial charge in [-0.3, -0.25) is 4.90 Å². The average molecular weight is 374 g/mol. The van der Waals surface area contributed by atoms with Crippen LogP contribution in [0.4, 0.5) is 0 Å². The van der Waals surface area contributed by atoms with Gasteiger partial charge in [0.15, 0.2) is 0 Å². The number of halogens is 1. The molecule has 1 aromatic heterocycles. The quantitative estimate of drug-likeness (QED) is 0.826. The van der Waals surface area contributed by atoms with Crippen LogP contribution in [-0.2, 0) is 0 Å². The maximum Gasteiger partial charge on any atom is 0.0702 e. The third-order valence-corrected chi connectivity index (χ3v) is 5.88. The van der Waals surface area contributed by atoms with Crippen LogP contribution >= 0.6 is 27.3 Å². The van der Waals surface area contributed by atoms with Gasteiger partial charge in [-0.05, 0) is 40.4 Å². The van der Waals surface area contributed by atoms with E-state index >= 15 is 0 Å². The third-order valence-electron chi connectivity index (χ3n) is 4.19. The number of nitrogens with two attached hydrogens (primary N) is 1. The van der Waals surface area contributed by atoms with Gasteiger partial charge in [-0.2, -0.15) is 0 Å². The van der Waals surface area contributed by atoms with E-state index in [4.69, 9.17) is 5.73 Å². The summed E-state index contributed by atoms with van der Waals surface area (Å²) in [6, 6.07) is 4.96. The highest BCUT2D eigenvalue weighted by molar-refractivity contribution is 9.11. The van der Waals surface area contributed by atoms with Crippen LogP contribution < -0.4 is 5.73 Å². The smallest absolute Gasteiger partial charge is 0.0702 e. The van der Waals surface area contributed by atoms with Crippen LogP contribution in [0.1, 0.15) is 38.1 Å². The molecule has 2 atom stereocenters. The summed E-state index contributed by atoms with van der Waals surface area (Å²) in [4.78, 5) is 6.57. The number of piperazine rings is 1. The van der Waals surface area contributed by atoms with Crippen LogP contribution in [0.25, 0.3) is 0 Å². The number of nitrogens with zero attached hydrogens (tertiary/aromatic N) is 2. The fourth-order valence-electron chi connectivity index (χ4n) is 3.11. The molecule has 1 aromatic rings. The molecule has 120 valence electrons. The molecule has 3 nitrogen and oxygen atoms in total. The van der Waals surface area contributed by atoms with Crippen molar-refractivity contribution < 1.29 is 0 Å². The first-order valence-corrected chi connectivity index (χ1v) is 9.59. The van der Waals surface area contributed by atoms with Gasteiger partial charge in [-0.15, -0.1) is 11.3 Å². The van der Waals surface area contributed by atoms with Crippen LogP contribution in [0, 0.1) is 5.92 Å². The highest BCUT2D eigenvalue weighted by atomic mass is 79.9. The minimum absolute atomic E-state index is 0.215. The van der Waals surface area contributed by atoms with Crippen LogP contribution in [0.15, 0.2) is 15.9 Å². The van der Waals surface area contributed by atoms with Gasteiger partial charge >= 0.3 is 0 Å². The number of hydrogen-bond acceptors (Lipinski definition) is 4. The molecule has 1 fully saturated rings. The zero-order valence-electron chi connectivity index (χ0n) is 13.4. The minimum atomic E-state index is 0.215. The Kier molecular flexibility index (Phi) is 6.69. The summed E-state index contributed by atoms with van der Waals surface area (Å²) >= 11 is 5.41. The summed E-state index contributed by atoms with van der Waals surface area (Å²) in [5.41, 5.74) is 6.44. The Bertz CT molecular complexity index is 427. The molecule has 0 aromatic carbocycles. The van der Waals surface area contributed by atoms with Crippen molar-refractivity contribution in [3.05, 3.63) is 20.8 Å². The molecular formula is C16H28BrN3S. The fourth-order valence-corrected chi connectivity index (χ4v) is 4.75. The average Bonchev–Trinajstić information content (AvgIpc) is 2.86. The van der Waals surface area contributed by atoms with Crippen molar-refractivity contribution in [3.8, 4) is 0 Å². The molecule has 0 spiro atoms. The standard InChI is InChI=1S/C16H28BrN3S/c1-4-13(18)16(14-5-6-15(17)21-14)20-9-7-19(8-10-20)11-12(2)3/h5-6,12-13,16H,4,7-11,18H2,1-3H3. The number of thiophene rings is 1. The van der Waals surface area contributed by atoms with Crippen molar-refractivity contribution in [1.29, 1.82) is 0 Å². The summed E-state index contributed by atoms with van der Waals surface area (Å²) in [5.74, 6) is 0.749. The van der Waals surface area contributed by atoms with Crippen molar-refractivity contribution in [2.75, 3.05) is 32.7 Å². The van der Waals surface area contributed by atoms with E-state index in [1.807, 2.05) is 11.3 Å². The van der Waals surface area contributed by atoms with Crippen molar-refractivity contribution in [1.82, 2.24) is 9.80 Å². The molecule has 0 saturated carbocycles. The molecule has 2 N–H and O–H groups in total. The van der Waals surface area contributed by atoms with Gasteiger partial charge < -0.3 is 10.6 Å². The third kappa shape index (κ3) is 4.76. The second kappa shape index (κ2) is 8.06. The van der Waals surface area contributed by atoms with Gasteiger partial charge in [-0.1, -0.05) is 20.8 Å². The van der Waals surface area contributed by atoms with E-state index in [0.717, 1.165) is 38.5 Å². The lowest BCUT2D eigenvalue weighted by Gasteiger charge is -2.41. The summed E-state index contributed by atoms with van der Waals surface area (Å²) in [7, 11) is 0. The van der Waals surface area contributed by atoms with Gasteiger partial charge in [0, 0.05) is 43.6 Å². The zero-order valence-corrected chi connectivity index (χ0v) is 15.8. The van der Waals surface area contributed by atoms with Crippen LogP contribution in [0.5, 0.6) is 0 Å². The van der Waals surface area contributed by atoms with Crippen molar-refractivity contribution >= 4 is 27.3 Å². The Labute approximate surface area is 141 Å². The summed E-state index contributed by atoms with van der Waals surface area (Å²) in [6.45, 7) is 12.6. The van der Waals surface area contributed by atoms with E-state index in [9.17, 15) is 0 Å². The SMILES string of the molecule is CCC(N)C(c1ccc(Br)s1)N1CCN(CC(C)C)CC1. The molecule has 0 radical (unpaired) electrons. The second-order valence-electron chi connectivity index (χ2n) is 6.39. The Morgan fingerprint density at radius 3 is 2.38 bits per heavy atom. The lowest BCUT2D eigenvalue weighted by Crippen LogP contribution is -2.51. The summed E-state index contributed by atoms with van der Waals surface area (Å²) < 4.78 is 1.20. The number of hydrogen-bond donors (Lipinski definition) is 1. The highest BCUT2D eigenvalue weighted by Crippen LogP contribution is 2.33. The first-order chi connectivity index (χ1) is 10.0. The first kappa shape index (κ1) is 17.4. The normalized spacial score (nSPS) is 20.9. The van der Waals surface area contributed by atoms with E-state index in [0.29, 0.717) is 6.04 Å². The first-order valence-electron chi connectivity index (χ1n) is 7.98. The molecule has 1 saturated heterocycles. The monoisotopic (exact) mass is 373 g/mol. The lowest BCUT2D eigenvalue weighted by atomic mass is 10.0. The van der Waals surface area contributed by atoms with Crippen LogP contribution in [0.2, 0.25) is 0 Å². The van der Waals surface area contributed by atoms with Gasteiger partial charge in [0.1, 0.15) is 0 Å². The predicted octanol–water partition coefficient (Wildman–Crippen LogP) is 3.56. The van der Waals surface area contributed by atoms with Crippen molar-refractivity contribution in [2.45, 2.75) is 39.3 Å². The molecule has 2 rings (SSSR count). The number of rotatable bonds is 6. The molecule has 0 bridgehead atoms. The van der Waals surface area contributed by atoms with Crippen molar-refractivity contribution in [3.63, 3.8) is 0 Å². The Hall–Kier alpha value is 0.0600. The molecule has 2 heterocycles. The predicted molar refractivity (Wildman–Crippen MR) is 95.9 cm³/mol. The second-order valence-corrected chi connectivity index (χ2v) is 8.88. The molecule has 0 amide bonds. The van der Waals surface area contributed by atoms with Gasteiger partial charge in [0.2, 0.25) is 0 Å². The maximum absolute atomic E-state index is 6.44. The molecule has 0 aliphatic carbocycles. The van der Waals surface area contributed by atoms with Crippen LogP contribution in [0.3, 0.4) is 0 Å². The maximum atomic E-state index is 6.44. The summed E-state index contributed by atoms with van der Waals surface area (Å²) in [6.07, 6.45) is 1.02. The Balaban J connectivity index is 2.02. The van der Waals surface area contributed by atoms with E-state index < -0.39 is 0 Å². The van der Waals surface area contributed by atoms with E-state index in [1.165, 1.54) is 15.2 Å². The van der Waals surface area contributed by atoms with E-state index in [-0.39, 0.29) is 6.04 Å². The molecular weight excluding hydrogens is 346 g/mol. The van der Waals surface area contributed by atoms with E-state index in [2.05, 4.69) is 58.6 Å². The van der Waals surface area contributed by atoms with Gasteiger partial charge in [-0.25, -0.2) is 0 Å². The Morgan fingerprint density at radius 2 is 1.90 bits per heavy atom. The molecule has 1 aliphatic heterocycles. The highest BCUT2D eigenvalue weighted by Gasteiger charge is 2.29. The van der Waals surface area contributed by atoms with Gasteiger partial charge in [0.25, 0.3) is 0 Å². The minimum Gasteiger partial charge on any atom is -0.326 e. The molecule has 2 unspecified atom stereocenters. The lowest BCUT2D eigenvalue weighted by molar-refractivity contribution is 0.0789. The zero-order chi connectivity index (χ0) is 15.4. The molecule has 5 heteroatoms. The largest absolute Gasteiger partial charge is 0.326 e. The van der Waals surface area contributed by atoms with Crippen LogP contribution in [-0.4, -0.2) is 48.6 Å². The van der Waals surface area contributed by atoms with Crippen molar-refractivity contribution in [2.24, 2.45) is 11.7 Å². The van der Waals surface area contributed by atoms with Gasteiger partial charge in [0.05, 0.1) is 9.83 Å². The topological polar surface area (TPSA) is 32.5 Å². The Morgan fingerprint density at radius 1 is 1.24 bits per heavy atom. The molecule has 21 heavy (non-hydrogen) atoms. The molecule has 1 aliphatic rings. The van der Waals surface area contributed by atoms with E-state index in [1.54, 1.807) is 0 Å². The fraction of sp³-hybridized carbons (Fsp3) is 0.750.